The number of hydrogen-bond donors (Lipinski definition) is 1. The van der Waals surface area contributed by atoms with Crippen molar-refractivity contribution in [2.45, 2.75) is 6.54 Å². The zero-order valence-corrected chi connectivity index (χ0v) is 12.5. The first-order chi connectivity index (χ1) is 9.51. The van der Waals surface area contributed by atoms with Crippen molar-refractivity contribution in [1.29, 1.82) is 0 Å². The van der Waals surface area contributed by atoms with E-state index in [-0.39, 0.29) is 11.4 Å². The molecule has 7 heteroatoms. The second-order valence-corrected chi connectivity index (χ2v) is 5.22. The summed E-state index contributed by atoms with van der Waals surface area (Å²) in [6, 6.07) is 9.34. The van der Waals surface area contributed by atoms with Gasteiger partial charge in [0.25, 0.3) is 0 Å². The summed E-state index contributed by atoms with van der Waals surface area (Å²) < 4.78 is 6.31. The first-order valence-electron chi connectivity index (χ1n) is 5.61. The number of nitro groups is 1. The second kappa shape index (κ2) is 6.21. The molecule has 0 fully saturated rings. The van der Waals surface area contributed by atoms with Gasteiger partial charge in [-0.25, -0.2) is 0 Å². The van der Waals surface area contributed by atoms with E-state index in [9.17, 15) is 10.1 Å². The summed E-state index contributed by atoms with van der Waals surface area (Å²) in [5.41, 5.74) is 6.33. The molecule has 0 unspecified atom stereocenters. The molecule has 104 valence electrons. The Kier molecular flexibility index (Phi) is 4.59. The van der Waals surface area contributed by atoms with Crippen LogP contribution < -0.4 is 10.5 Å². The standard InChI is InChI=1S/C13H10BrClN2O3/c14-11-6-10(3-1-8(11)7-16)20-13-5-9(15)2-4-12(13)17(18)19/h1-6H,7,16H2. The summed E-state index contributed by atoms with van der Waals surface area (Å²) in [5.74, 6) is 0.550. The van der Waals surface area contributed by atoms with E-state index in [0.717, 1.165) is 10.0 Å². The highest BCUT2D eigenvalue weighted by Crippen LogP contribution is 2.35. The van der Waals surface area contributed by atoms with Crippen molar-refractivity contribution < 1.29 is 9.66 Å². The largest absolute Gasteiger partial charge is 0.450 e. The molecular formula is C13H10BrClN2O3. The smallest absolute Gasteiger partial charge is 0.311 e. The molecule has 2 rings (SSSR count). The molecule has 2 N–H and O–H groups in total. The molecule has 2 aromatic rings. The maximum atomic E-state index is 10.9. The van der Waals surface area contributed by atoms with Crippen molar-refractivity contribution in [3.63, 3.8) is 0 Å². The summed E-state index contributed by atoms with van der Waals surface area (Å²) in [5, 5.41) is 11.3. The average molecular weight is 358 g/mol. The molecule has 0 aromatic heterocycles. The van der Waals surface area contributed by atoms with Crippen LogP contribution in [-0.2, 0) is 6.54 Å². The van der Waals surface area contributed by atoms with Gasteiger partial charge >= 0.3 is 5.69 Å². The summed E-state index contributed by atoms with van der Waals surface area (Å²) in [7, 11) is 0. The molecule has 20 heavy (non-hydrogen) atoms. The van der Waals surface area contributed by atoms with E-state index >= 15 is 0 Å². The minimum Gasteiger partial charge on any atom is -0.450 e. The van der Waals surface area contributed by atoms with Crippen LogP contribution in [0.3, 0.4) is 0 Å². The molecule has 0 heterocycles. The number of hydrogen-bond acceptors (Lipinski definition) is 4. The van der Waals surface area contributed by atoms with Crippen LogP contribution in [0.1, 0.15) is 5.56 Å². The summed E-state index contributed by atoms with van der Waals surface area (Å²) in [4.78, 5) is 10.4. The first-order valence-corrected chi connectivity index (χ1v) is 6.78. The van der Waals surface area contributed by atoms with E-state index in [0.29, 0.717) is 17.3 Å². The van der Waals surface area contributed by atoms with Crippen LogP contribution in [0.4, 0.5) is 5.69 Å². The van der Waals surface area contributed by atoms with Crippen LogP contribution in [0.2, 0.25) is 5.02 Å². The second-order valence-electron chi connectivity index (χ2n) is 3.93. The van der Waals surface area contributed by atoms with Gasteiger partial charge in [-0.1, -0.05) is 33.6 Å². The van der Waals surface area contributed by atoms with E-state index in [1.807, 2.05) is 0 Å². The molecule has 0 atom stereocenters. The topological polar surface area (TPSA) is 78.4 Å². The number of nitrogens with zero attached hydrogens (tertiary/aromatic N) is 1. The molecule has 0 aliphatic rings. The minimum atomic E-state index is -0.519. The quantitative estimate of drug-likeness (QED) is 0.655. The summed E-state index contributed by atoms with van der Waals surface area (Å²) in [6.07, 6.45) is 0. The van der Waals surface area contributed by atoms with Crippen molar-refractivity contribution in [3.8, 4) is 11.5 Å². The van der Waals surface area contributed by atoms with Crippen molar-refractivity contribution >= 4 is 33.2 Å². The molecule has 0 saturated heterocycles. The molecule has 0 spiro atoms. The molecular weight excluding hydrogens is 348 g/mol. The van der Waals surface area contributed by atoms with E-state index in [2.05, 4.69) is 15.9 Å². The van der Waals surface area contributed by atoms with Crippen LogP contribution in [0, 0.1) is 10.1 Å². The highest BCUT2D eigenvalue weighted by molar-refractivity contribution is 9.10. The minimum absolute atomic E-state index is 0.0925. The Morgan fingerprint density at radius 2 is 2.05 bits per heavy atom. The molecule has 0 bridgehead atoms. The Morgan fingerprint density at radius 1 is 1.30 bits per heavy atom. The van der Waals surface area contributed by atoms with Crippen LogP contribution in [-0.4, -0.2) is 4.92 Å². The first kappa shape index (κ1) is 14.8. The number of nitro benzene ring substituents is 1. The summed E-state index contributed by atoms with van der Waals surface area (Å²) >= 11 is 9.20. The van der Waals surface area contributed by atoms with Crippen molar-refractivity contribution in [2.75, 3.05) is 0 Å². The van der Waals surface area contributed by atoms with Gasteiger partial charge in [-0.3, -0.25) is 10.1 Å². The van der Waals surface area contributed by atoms with Crippen molar-refractivity contribution in [3.05, 3.63) is 61.6 Å². The monoisotopic (exact) mass is 356 g/mol. The van der Waals surface area contributed by atoms with Crippen LogP contribution in [0.15, 0.2) is 40.9 Å². The Morgan fingerprint density at radius 3 is 2.65 bits per heavy atom. The fraction of sp³-hybridized carbons (Fsp3) is 0.0769. The molecule has 0 aliphatic heterocycles. The lowest BCUT2D eigenvalue weighted by molar-refractivity contribution is -0.385. The van der Waals surface area contributed by atoms with E-state index < -0.39 is 4.92 Å². The maximum absolute atomic E-state index is 10.9. The number of benzene rings is 2. The summed E-state index contributed by atoms with van der Waals surface area (Å²) in [6.45, 7) is 0.387. The molecule has 2 aromatic carbocycles. The van der Waals surface area contributed by atoms with Crippen LogP contribution >= 0.6 is 27.5 Å². The lowest BCUT2D eigenvalue weighted by atomic mass is 10.2. The van der Waals surface area contributed by atoms with Gasteiger partial charge in [0.05, 0.1) is 4.92 Å². The number of nitrogens with two attached hydrogens (primary N) is 1. The lowest BCUT2D eigenvalue weighted by Crippen LogP contribution is -1.98. The van der Waals surface area contributed by atoms with Crippen molar-refractivity contribution in [1.82, 2.24) is 0 Å². The van der Waals surface area contributed by atoms with E-state index in [4.69, 9.17) is 22.1 Å². The molecule has 0 amide bonds. The van der Waals surface area contributed by atoms with E-state index in [1.54, 1.807) is 18.2 Å². The third-order valence-corrected chi connectivity index (χ3v) is 3.56. The fourth-order valence-electron chi connectivity index (χ4n) is 1.60. The predicted molar refractivity (Wildman–Crippen MR) is 80.2 cm³/mol. The normalized spacial score (nSPS) is 10.3. The SMILES string of the molecule is NCc1ccc(Oc2cc(Cl)ccc2[N+](=O)[O-])cc1Br. The number of halogens is 2. The molecule has 0 radical (unpaired) electrons. The Balaban J connectivity index is 2.36. The lowest BCUT2D eigenvalue weighted by Gasteiger charge is -2.08. The van der Waals surface area contributed by atoms with Crippen LogP contribution in [0.25, 0.3) is 0 Å². The molecule has 0 aliphatic carbocycles. The van der Waals surface area contributed by atoms with Crippen LogP contribution in [0.5, 0.6) is 11.5 Å². The highest BCUT2D eigenvalue weighted by atomic mass is 79.9. The number of rotatable bonds is 4. The third kappa shape index (κ3) is 3.27. The zero-order chi connectivity index (χ0) is 14.7. The average Bonchev–Trinajstić information content (AvgIpc) is 2.38. The Hall–Kier alpha value is -1.63. The van der Waals surface area contributed by atoms with Gasteiger partial charge in [0.15, 0.2) is 0 Å². The van der Waals surface area contributed by atoms with Gasteiger partial charge in [-0.2, -0.15) is 0 Å². The Bertz CT molecular complexity index is 664. The van der Waals surface area contributed by atoms with Gasteiger partial charge < -0.3 is 10.5 Å². The van der Waals surface area contributed by atoms with Gasteiger partial charge in [0.2, 0.25) is 5.75 Å². The van der Waals surface area contributed by atoms with Gasteiger partial charge in [0.1, 0.15) is 5.75 Å². The molecule has 0 saturated carbocycles. The zero-order valence-electron chi connectivity index (χ0n) is 10.2. The van der Waals surface area contributed by atoms with Crippen molar-refractivity contribution in [2.24, 2.45) is 5.73 Å². The number of ether oxygens (including phenoxy) is 1. The predicted octanol–water partition coefficient (Wildman–Crippen LogP) is 4.26. The maximum Gasteiger partial charge on any atom is 0.311 e. The highest BCUT2D eigenvalue weighted by Gasteiger charge is 2.16. The third-order valence-electron chi connectivity index (χ3n) is 2.59. The molecule has 5 nitrogen and oxygen atoms in total. The Labute approximate surface area is 128 Å². The van der Waals surface area contributed by atoms with Gasteiger partial charge in [-0.15, -0.1) is 0 Å². The van der Waals surface area contributed by atoms with Gasteiger partial charge in [-0.05, 0) is 23.8 Å². The van der Waals surface area contributed by atoms with Gasteiger partial charge in [0, 0.05) is 28.2 Å². The fourth-order valence-corrected chi connectivity index (χ4v) is 2.29. The van der Waals surface area contributed by atoms with E-state index in [1.165, 1.54) is 18.2 Å².